The van der Waals surface area contributed by atoms with Crippen LogP contribution in [0.2, 0.25) is 5.02 Å². The van der Waals surface area contributed by atoms with Crippen LogP contribution in [0.1, 0.15) is 74.9 Å². The lowest BCUT2D eigenvalue weighted by Gasteiger charge is -2.28. The van der Waals surface area contributed by atoms with Crippen molar-refractivity contribution in [3.8, 4) is 23.1 Å². The highest BCUT2D eigenvalue weighted by Gasteiger charge is 2.34. The minimum atomic E-state index is -0.598. The number of benzene rings is 1. The molecule has 0 unspecified atom stereocenters. The first-order chi connectivity index (χ1) is 17.7. The number of hydrogen-bond acceptors (Lipinski definition) is 6. The van der Waals surface area contributed by atoms with Gasteiger partial charge in [0.2, 0.25) is 0 Å². The smallest absolute Gasteiger partial charge is 0.410 e. The van der Waals surface area contributed by atoms with E-state index >= 15 is 0 Å². The highest BCUT2D eigenvalue weighted by atomic mass is 35.5. The predicted molar refractivity (Wildman–Crippen MR) is 139 cm³/mol. The summed E-state index contributed by atoms with van der Waals surface area (Å²) < 4.78 is 11.8. The minimum absolute atomic E-state index is 0.119. The first kappa shape index (κ1) is 25.1. The summed E-state index contributed by atoms with van der Waals surface area (Å²) in [5.41, 5.74) is 4.51. The Morgan fingerprint density at radius 3 is 2.57 bits per heavy atom. The number of carbonyl (C=O) groups is 1. The molecule has 0 atom stereocenters. The molecule has 3 heterocycles. The molecule has 1 fully saturated rings. The average Bonchev–Trinajstić information content (AvgIpc) is 3.19. The molecule has 3 aromatic rings. The average molecular weight is 520 g/mol. The van der Waals surface area contributed by atoms with Crippen LogP contribution in [0.25, 0.3) is 11.3 Å². The van der Waals surface area contributed by atoms with Crippen LogP contribution in [0.3, 0.4) is 0 Å². The van der Waals surface area contributed by atoms with E-state index in [0.717, 1.165) is 59.6 Å². The number of amides is 1. The Morgan fingerprint density at radius 2 is 1.89 bits per heavy atom. The van der Waals surface area contributed by atoms with E-state index in [0.29, 0.717) is 23.7 Å². The Bertz CT molecular complexity index is 1330. The lowest BCUT2D eigenvalue weighted by Crippen LogP contribution is -2.35. The molecule has 9 heteroatoms. The van der Waals surface area contributed by atoms with Gasteiger partial charge in [0.15, 0.2) is 0 Å². The molecule has 2 aliphatic rings. The molecule has 0 bridgehead atoms. The third-order valence-electron chi connectivity index (χ3n) is 6.75. The van der Waals surface area contributed by atoms with Gasteiger partial charge in [-0.25, -0.2) is 4.79 Å². The molecule has 37 heavy (non-hydrogen) atoms. The first-order valence-corrected chi connectivity index (χ1v) is 12.9. The van der Waals surface area contributed by atoms with Crippen LogP contribution in [0.4, 0.5) is 4.79 Å². The van der Waals surface area contributed by atoms with Crippen LogP contribution in [0.15, 0.2) is 36.5 Å². The SMILES string of the molecule is CC(C)(C)OC(=O)N1Cc2cc(Cl)cnc2-c2c(C3CCC(Oc4ccc(C#N)cc4)CC3)n[nH]c2C1. The van der Waals surface area contributed by atoms with Crippen molar-refractivity contribution < 1.29 is 14.3 Å². The Morgan fingerprint density at radius 1 is 1.16 bits per heavy atom. The molecule has 5 rings (SSSR count). The van der Waals surface area contributed by atoms with E-state index in [1.54, 1.807) is 23.2 Å². The monoisotopic (exact) mass is 519 g/mol. The molecular formula is C28H30ClN5O3. The second-order valence-corrected chi connectivity index (χ2v) is 11.1. The van der Waals surface area contributed by atoms with E-state index in [-0.39, 0.29) is 18.1 Å². The standard InChI is InChI=1S/C28H30ClN5O3/c1-28(2,3)37-27(35)34-15-19-12-20(29)14-31-25(19)24-23(16-34)32-33-26(24)18-6-10-22(11-7-18)36-21-8-4-17(13-30)5-9-21/h4-5,8-9,12,14,18,22H,6-7,10-11,15-16H2,1-3H3,(H,32,33). The van der Waals surface area contributed by atoms with E-state index in [2.05, 4.69) is 16.2 Å². The zero-order valence-electron chi connectivity index (χ0n) is 21.3. The van der Waals surface area contributed by atoms with Gasteiger partial charge in [-0.05, 0) is 82.3 Å². The summed E-state index contributed by atoms with van der Waals surface area (Å²) in [6.07, 6.45) is 5.03. The molecule has 1 amide bonds. The number of hydrogen-bond donors (Lipinski definition) is 1. The number of halogens is 1. The molecule has 8 nitrogen and oxygen atoms in total. The molecule has 0 spiro atoms. The lowest BCUT2D eigenvalue weighted by atomic mass is 9.83. The number of pyridine rings is 1. The van der Waals surface area contributed by atoms with Crippen molar-refractivity contribution in [2.75, 3.05) is 0 Å². The summed E-state index contributed by atoms with van der Waals surface area (Å²) in [7, 11) is 0. The largest absolute Gasteiger partial charge is 0.490 e. The maximum atomic E-state index is 13.0. The number of aromatic amines is 1. The van der Waals surface area contributed by atoms with E-state index in [1.165, 1.54) is 0 Å². The lowest BCUT2D eigenvalue weighted by molar-refractivity contribution is 0.0216. The van der Waals surface area contributed by atoms with Gasteiger partial charge in [0.1, 0.15) is 11.4 Å². The van der Waals surface area contributed by atoms with Gasteiger partial charge in [0, 0.05) is 17.7 Å². The summed E-state index contributed by atoms with van der Waals surface area (Å²) >= 11 is 6.30. The van der Waals surface area contributed by atoms with Crippen molar-refractivity contribution >= 4 is 17.7 Å². The third-order valence-corrected chi connectivity index (χ3v) is 6.95. The maximum Gasteiger partial charge on any atom is 0.410 e. The molecule has 0 saturated heterocycles. The van der Waals surface area contributed by atoms with E-state index in [9.17, 15) is 4.79 Å². The Balaban J connectivity index is 1.36. The van der Waals surface area contributed by atoms with Crippen LogP contribution in [0, 0.1) is 11.3 Å². The number of H-pyrrole nitrogens is 1. The maximum absolute atomic E-state index is 13.0. The molecule has 1 aliphatic carbocycles. The van der Waals surface area contributed by atoms with Crippen LogP contribution in [0.5, 0.6) is 5.75 Å². The van der Waals surface area contributed by atoms with Crippen molar-refractivity contribution in [3.63, 3.8) is 0 Å². The third kappa shape index (κ3) is 5.57. The molecule has 1 saturated carbocycles. The van der Waals surface area contributed by atoms with Crippen molar-refractivity contribution in [2.45, 2.75) is 77.2 Å². The summed E-state index contributed by atoms with van der Waals surface area (Å²) in [4.78, 5) is 19.3. The molecule has 192 valence electrons. The second-order valence-electron chi connectivity index (χ2n) is 10.7. The van der Waals surface area contributed by atoms with Crippen molar-refractivity contribution in [1.82, 2.24) is 20.1 Å². The van der Waals surface area contributed by atoms with Gasteiger partial charge >= 0.3 is 6.09 Å². The van der Waals surface area contributed by atoms with Crippen molar-refractivity contribution in [3.05, 3.63) is 64.1 Å². The number of rotatable bonds is 3. The molecule has 1 N–H and O–H groups in total. The van der Waals surface area contributed by atoms with Crippen molar-refractivity contribution in [1.29, 1.82) is 5.26 Å². The van der Waals surface area contributed by atoms with E-state index in [4.69, 9.17) is 31.4 Å². The molecule has 1 aromatic carbocycles. The number of carbonyl (C=O) groups excluding carboxylic acids is 1. The zero-order valence-corrected chi connectivity index (χ0v) is 22.0. The van der Waals surface area contributed by atoms with Crippen LogP contribution in [-0.4, -0.2) is 37.9 Å². The summed E-state index contributed by atoms with van der Waals surface area (Å²) in [6.45, 7) is 6.27. The van der Waals surface area contributed by atoms with Gasteiger partial charge < -0.3 is 9.47 Å². The van der Waals surface area contributed by atoms with E-state index < -0.39 is 5.60 Å². The minimum Gasteiger partial charge on any atom is -0.490 e. The van der Waals surface area contributed by atoms with Crippen LogP contribution >= 0.6 is 11.6 Å². The summed E-state index contributed by atoms with van der Waals surface area (Å²) in [5.74, 6) is 1.03. The number of aromatic nitrogens is 3. The Labute approximate surface area is 221 Å². The van der Waals surface area contributed by atoms with Gasteiger partial charge in [-0.2, -0.15) is 10.4 Å². The fraction of sp³-hybridized carbons (Fsp3) is 0.429. The first-order valence-electron chi connectivity index (χ1n) is 12.6. The Hall–Kier alpha value is -3.57. The van der Waals surface area contributed by atoms with Crippen LogP contribution < -0.4 is 4.74 Å². The van der Waals surface area contributed by atoms with Gasteiger partial charge in [-0.15, -0.1) is 0 Å². The molecular weight excluding hydrogens is 490 g/mol. The fourth-order valence-electron chi connectivity index (χ4n) is 5.06. The summed E-state index contributed by atoms with van der Waals surface area (Å²) in [5, 5.41) is 17.5. The molecule has 0 radical (unpaired) electrons. The van der Waals surface area contributed by atoms with Gasteiger partial charge in [0.05, 0.1) is 52.9 Å². The van der Waals surface area contributed by atoms with Gasteiger partial charge in [0.25, 0.3) is 0 Å². The normalized spacial score (nSPS) is 19.3. The van der Waals surface area contributed by atoms with Gasteiger partial charge in [-0.3, -0.25) is 15.0 Å². The number of nitriles is 1. The quantitative estimate of drug-likeness (QED) is 0.432. The number of nitrogens with zero attached hydrogens (tertiary/aromatic N) is 4. The predicted octanol–water partition coefficient (Wildman–Crippen LogP) is 6.35. The van der Waals surface area contributed by atoms with Crippen LogP contribution in [-0.2, 0) is 17.8 Å². The highest BCUT2D eigenvalue weighted by Crippen LogP contribution is 2.42. The van der Waals surface area contributed by atoms with Crippen molar-refractivity contribution in [2.24, 2.45) is 0 Å². The fourth-order valence-corrected chi connectivity index (χ4v) is 5.24. The van der Waals surface area contributed by atoms with Gasteiger partial charge in [-0.1, -0.05) is 11.6 Å². The summed E-state index contributed by atoms with van der Waals surface area (Å²) in [6, 6.07) is 11.3. The molecule has 2 aromatic heterocycles. The highest BCUT2D eigenvalue weighted by molar-refractivity contribution is 6.30. The molecule has 1 aliphatic heterocycles. The number of ether oxygens (including phenoxy) is 2. The second kappa shape index (κ2) is 10.1. The number of fused-ring (bicyclic) bond motifs is 3. The topological polar surface area (TPSA) is 104 Å². The van der Waals surface area contributed by atoms with E-state index in [1.807, 2.05) is 39.0 Å². The Kier molecular flexibility index (Phi) is 6.82. The number of nitrogens with one attached hydrogen (secondary N) is 1. The zero-order chi connectivity index (χ0) is 26.2.